The number of allylic oxidation sites excluding steroid dienone is 3. The van der Waals surface area contributed by atoms with Crippen LogP contribution in [0, 0.1) is 17.0 Å². The van der Waals surface area contributed by atoms with Gasteiger partial charge >= 0.3 is 12.3 Å². The first kappa shape index (κ1) is 32.4. The van der Waals surface area contributed by atoms with E-state index < -0.39 is 22.4 Å². The third kappa shape index (κ3) is 8.77. The molecule has 2 aromatic carbocycles. The van der Waals surface area contributed by atoms with E-state index in [1.165, 1.54) is 6.07 Å². The molecule has 4 rings (SSSR count). The maximum Gasteiger partial charge on any atom is 0.423 e. The van der Waals surface area contributed by atoms with Crippen molar-refractivity contribution >= 4 is 17.5 Å². The van der Waals surface area contributed by atoms with Gasteiger partial charge in [0.1, 0.15) is 17.1 Å². The van der Waals surface area contributed by atoms with Gasteiger partial charge in [-0.1, -0.05) is 30.4 Å². The number of nitrogens with one attached hydrogen (secondary N) is 1. The zero-order valence-electron chi connectivity index (χ0n) is 24.8. The summed E-state index contributed by atoms with van der Waals surface area (Å²) in [5, 5.41) is 14.1. The van der Waals surface area contributed by atoms with Gasteiger partial charge < -0.3 is 24.6 Å². The van der Waals surface area contributed by atoms with Gasteiger partial charge in [0, 0.05) is 55.7 Å². The highest BCUT2D eigenvalue weighted by Crippen LogP contribution is 2.38. The second-order valence-electron chi connectivity index (χ2n) is 10.9. The number of halogens is 3. The molecule has 0 atom stereocenters. The van der Waals surface area contributed by atoms with Crippen LogP contribution in [0.15, 0.2) is 78.7 Å². The lowest BCUT2D eigenvalue weighted by Gasteiger charge is -2.36. The number of hydrogen-bond acceptors (Lipinski definition) is 7. The average Bonchev–Trinajstić information content (AvgIpc) is 2.98. The number of nitro benzene ring substituents is 1. The van der Waals surface area contributed by atoms with Crippen LogP contribution in [0.2, 0.25) is 0 Å². The van der Waals surface area contributed by atoms with E-state index in [2.05, 4.69) is 16.8 Å². The number of anilines is 1. The third-order valence-electron chi connectivity index (χ3n) is 7.64. The maximum atomic E-state index is 13.3. The third-order valence-corrected chi connectivity index (χ3v) is 7.64. The van der Waals surface area contributed by atoms with Gasteiger partial charge in [-0.05, 0) is 69.9 Å². The van der Waals surface area contributed by atoms with Gasteiger partial charge in [-0.25, -0.2) is 4.79 Å². The van der Waals surface area contributed by atoms with Gasteiger partial charge in [0.05, 0.1) is 11.0 Å². The summed E-state index contributed by atoms with van der Waals surface area (Å²) >= 11 is 0. The molecule has 236 valence electrons. The number of amides is 1. The normalized spacial score (nSPS) is 19.5. The number of piperazine rings is 1. The van der Waals surface area contributed by atoms with Crippen molar-refractivity contribution in [3.05, 3.63) is 100.0 Å². The summed E-state index contributed by atoms with van der Waals surface area (Å²) in [5.41, 5.74) is -0.0422. The lowest BCUT2D eigenvalue weighted by atomic mass is 9.92. The first-order valence-corrected chi connectivity index (χ1v) is 14.5. The molecule has 1 aliphatic carbocycles. The molecule has 9 nitrogen and oxygen atoms in total. The highest BCUT2D eigenvalue weighted by Gasteiger charge is 2.38. The Bertz CT molecular complexity index is 1390. The number of nitrogens with zero attached hydrogens (tertiary/aromatic N) is 3. The number of aryl methyl sites for hydroxylation is 1. The maximum absolute atomic E-state index is 13.3. The Balaban J connectivity index is 1.26. The van der Waals surface area contributed by atoms with E-state index in [0.29, 0.717) is 63.4 Å². The Morgan fingerprint density at radius 3 is 2.27 bits per heavy atom. The quantitative estimate of drug-likeness (QED) is 0.136. The number of ether oxygens (including phenoxy) is 2. The van der Waals surface area contributed by atoms with Gasteiger partial charge in [0.15, 0.2) is 0 Å². The van der Waals surface area contributed by atoms with Crippen molar-refractivity contribution in [2.45, 2.75) is 57.9 Å². The summed E-state index contributed by atoms with van der Waals surface area (Å²) in [7, 11) is 0. The van der Waals surface area contributed by atoms with E-state index >= 15 is 0 Å². The fourth-order valence-electron chi connectivity index (χ4n) is 5.32. The predicted octanol–water partition coefficient (Wildman–Crippen LogP) is 7.45. The molecule has 2 aromatic rings. The summed E-state index contributed by atoms with van der Waals surface area (Å²) in [4.78, 5) is 26.5. The number of carbonyl (C=O) groups excluding carboxylic acids is 1. The molecule has 0 unspecified atom stereocenters. The van der Waals surface area contributed by atoms with Crippen molar-refractivity contribution in [3.63, 3.8) is 0 Å². The lowest BCUT2D eigenvalue weighted by Crippen LogP contribution is -2.49. The molecule has 1 amide bonds. The fraction of sp³-hybridized carbons (Fsp3) is 0.406. The van der Waals surface area contributed by atoms with E-state index in [1.54, 1.807) is 17.0 Å². The molecule has 1 saturated carbocycles. The van der Waals surface area contributed by atoms with E-state index in [-0.39, 0.29) is 23.9 Å². The Hall–Kier alpha value is -4.48. The van der Waals surface area contributed by atoms with Crippen LogP contribution in [0.1, 0.15) is 43.7 Å². The summed E-state index contributed by atoms with van der Waals surface area (Å²) < 4.78 is 51.7. The second kappa shape index (κ2) is 14.3. The van der Waals surface area contributed by atoms with E-state index in [0.717, 1.165) is 23.4 Å². The Labute approximate surface area is 254 Å². The van der Waals surface area contributed by atoms with Crippen LogP contribution in [0.3, 0.4) is 0 Å². The average molecular weight is 615 g/mol. The van der Waals surface area contributed by atoms with Crippen LogP contribution in [0.4, 0.5) is 29.3 Å². The molecular formula is C32H37F3N4O5. The molecule has 2 fully saturated rings. The van der Waals surface area contributed by atoms with Crippen LogP contribution in [0.5, 0.6) is 5.75 Å². The number of rotatable bonds is 9. The minimum absolute atomic E-state index is 0.0891. The highest BCUT2D eigenvalue weighted by molar-refractivity contribution is 5.70. The van der Waals surface area contributed by atoms with Crippen molar-refractivity contribution in [1.82, 2.24) is 9.80 Å². The number of nitro groups is 1. The van der Waals surface area contributed by atoms with Crippen molar-refractivity contribution in [2.24, 2.45) is 0 Å². The van der Waals surface area contributed by atoms with E-state index in [1.807, 2.05) is 44.2 Å². The topological polar surface area (TPSA) is 97.2 Å². The van der Waals surface area contributed by atoms with Crippen LogP contribution in [0.25, 0.3) is 0 Å². The molecule has 0 spiro atoms. The zero-order chi connectivity index (χ0) is 31.9. The smallest absolute Gasteiger partial charge is 0.423 e. The van der Waals surface area contributed by atoms with Gasteiger partial charge in [0.2, 0.25) is 0 Å². The molecule has 44 heavy (non-hydrogen) atoms. The molecule has 1 aliphatic heterocycles. The second-order valence-corrected chi connectivity index (χ2v) is 10.9. The van der Waals surface area contributed by atoms with Crippen molar-refractivity contribution < 1.29 is 32.4 Å². The van der Waals surface area contributed by atoms with E-state index in [4.69, 9.17) is 9.47 Å². The predicted molar refractivity (Wildman–Crippen MR) is 161 cm³/mol. The van der Waals surface area contributed by atoms with Gasteiger partial charge in [0.25, 0.3) is 5.69 Å². The minimum Gasteiger partial charge on any atom is -0.491 e. The van der Waals surface area contributed by atoms with Crippen LogP contribution in [-0.2, 0) is 10.9 Å². The van der Waals surface area contributed by atoms with Gasteiger partial charge in [-0.3, -0.25) is 10.1 Å². The molecule has 1 heterocycles. The standard InChI is InChI=1S/C32H37F3N4O5/c1-4-5-26(37-16-18-38(19-17-37)31(40)44-28-11-6-22(2)7-12-28)20-23(3)43-27-13-8-24(9-14-27)36-25-10-15-30(39(41)42)29(21-25)32(33,34)35/h4-7,10-12,15,20-21,24,27,36H,3,8-9,13-14,16-19H2,1-2H3/b5-4-,26-20+/t24-,27-. The largest absolute Gasteiger partial charge is 0.491 e. The molecule has 1 saturated heterocycles. The summed E-state index contributed by atoms with van der Waals surface area (Å²) in [6.07, 6.45) is 3.12. The fourth-order valence-corrected chi connectivity index (χ4v) is 5.32. The highest BCUT2D eigenvalue weighted by atomic mass is 19.4. The van der Waals surface area contributed by atoms with Crippen LogP contribution < -0.4 is 10.1 Å². The molecular weight excluding hydrogens is 577 g/mol. The van der Waals surface area contributed by atoms with Gasteiger partial charge in [-0.2, -0.15) is 13.2 Å². The molecule has 2 aliphatic rings. The Morgan fingerprint density at radius 2 is 1.68 bits per heavy atom. The molecule has 0 aromatic heterocycles. The zero-order valence-corrected chi connectivity index (χ0v) is 24.8. The monoisotopic (exact) mass is 614 g/mol. The number of hydrogen-bond donors (Lipinski definition) is 1. The molecule has 0 bridgehead atoms. The summed E-state index contributed by atoms with van der Waals surface area (Å²) in [6.45, 7) is 10.2. The Morgan fingerprint density at radius 1 is 1.05 bits per heavy atom. The first-order valence-electron chi connectivity index (χ1n) is 14.5. The van der Waals surface area contributed by atoms with E-state index in [9.17, 15) is 28.1 Å². The number of carbonyl (C=O) groups is 1. The van der Waals surface area contributed by atoms with Gasteiger partial charge in [-0.15, -0.1) is 0 Å². The van der Waals surface area contributed by atoms with Crippen LogP contribution >= 0.6 is 0 Å². The van der Waals surface area contributed by atoms with Crippen molar-refractivity contribution in [1.29, 1.82) is 0 Å². The minimum atomic E-state index is -4.83. The SMILES string of the molecule is C=C(/C=C(\C=C/C)N1CCN(C(=O)Oc2ccc(C)cc2)CC1)O[C@H]1CC[C@H](Nc2ccc([N+](=O)[O-])c(C(F)(F)F)c2)CC1. The molecule has 1 N–H and O–H groups in total. The first-order chi connectivity index (χ1) is 20.9. The number of alkyl halides is 3. The lowest BCUT2D eigenvalue weighted by molar-refractivity contribution is -0.388. The van der Waals surface area contributed by atoms with Crippen LogP contribution in [-0.4, -0.2) is 59.1 Å². The number of benzene rings is 2. The summed E-state index contributed by atoms with van der Waals surface area (Å²) in [5.74, 6) is 1.01. The van der Waals surface area contributed by atoms with Crippen molar-refractivity contribution in [2.75, 3.05) is 31.5 Å². The van der Waals surface area contributed by atoms with Crippen molar-refractivity contribution in [3.8, 4) is 5.75 Å². The molecule has 0 radical (unpaired) electrons. The Kier molecular flexibility index (Phi) is 10.6. The molecule has 12 heteroatoms. The summed E-state index contributed by atoms with van der Waals surface area (Å²) in [6, 6.07) is 10.2.